The average Bonchev–Trinajstić information content (AvgIpc) is 2.80. The van der Waals surface area contributed by atoms with Gasteiger partial charge in [0.2, 0.25) is 5.28 Å². The van der Waals surface area contributed by atoms with Crippen LogP contribution in [0.5, 0.6) is 0 Å². The molecule has 0 bridgehead atoms. The Balaban J connectivity index is 2.37. The number of nitrogens with one attached hydrogen (secondary N) is 1. The van der Waals surface area contributed by atoms with Gasteiger partial charge in [-0.05, 0) is 48.7 Å². The molecule has 0 aliphatic carbocycles. The molecule has 2 aromatic carbocycles. The molecule has 0 unspecified atom stereocenters. The lowest BCUT2D eigenvalue weighted by Gasteiger charge is -2.29. The molecule has 0 atom stereocenters. The number of sulfone groups is 2. The third-order valence-electron chi connectivity index (χ3n) is 4.90. The van der Waals surface area contributed by atoms with Gasteiger partial charge in [0.05, 0.1) is 27.5 Å². The standard InChI is InChI=1S/C22H22Cl2F2N4O4S2/c1-3-11-35(31,32)17-9-5-7-15(25)19(17)29-30(21-14(23)13-27-22(24)28-21)20-16(26)8-6-10-18(20)36(33,34)12-4-2/h5-10,13,29H,3-4,11-12H2,1-2H3. The summed E-state index contributed by atoms with van der Waals surface area (Å²) in [7, 11) is -8.02. The molecular formula is C22H22Cl2F2N4O4S2. The first kappa shape index (κ1) is 28.0. The Bertz CT molecular complexity index is 1490. The molecule has 3 rings (SSSR count). The fraction of sp³-hybridized carbons (Fsp3) is 0.273. The zero-order valence-corrected chi connectivity index (χ0v) is 22.3. The summed E-state index contributed by atoms with van der Waals surface area (Å²) in [5, 5.41) is 0.225. The van der Waals surface area contributed by atoms with E-state index < -0.39 is 52.5 Å². The number of hydrogen-bond donors (Lipinski definition) is 1. The van der Waals surface area contributed by atoms with Crippen LogP contribution in [0.15, 0.2) is 52.4 Å². The van der Waals surface area contributed by atoms with E-state index in [2.05, 4.69) is 15.4 Å². The zero-order valence-electron chi connectivity index (χ0n) is 19.2. The van der Waals surface area contributed by atoms with Gasteiger partial charge in [0.1, 0.15) is 28.0 Å². The SMILES string of the molecule is CCCS(=O)(=O)c1cccc(F)c1NN(c1nc(Cl)ncc1Cl)c1c(F)cccc1S(=O)(=O)CCC. The molecule has 0 aliphatic heterocycles. The van der Waals surface area contributed by atoms with Crippen molar-refractivity contribution in [3.63, 3.8) is 0 Å². The summed E-state index contributed by atoms with van der Waals surface area (Å²) < 4.78 is 82.3. The fourth-order valence-corrected chi connectivity index (χ4v) is 6.74. The van der Waals surface area contributed by atoms with Crippen molar-refractivity contribution in [2.45, 2.75) is 36.5 Å². The first-order chi connectivity index (χ1) is 16.9. The third-order valence-corrected chi connectivity index (χ3v) is 9.25. The Morgan fingerprint density at radius 2 is 1.44 bits per heavy atom. The number of nitrogens with zero attached hydrogens (tertiary/aromatic N) is 3. The minimum Gasteiger partial charge on any atom is -0.288 e. The smallest absolute Gasteiger partial charge is 0.224 e. The van der Waals surface area contributed by atoms with Gasteiger partial charge < -0.3 is 0 Å². The molecule has 194 valence electrons. The Morgan fingerprint density at radius 1 is 0.889 bits per heavy atom. The summed E-state index contributed by atoms with van der Waals surface area (Å²) >= 11 is 12.2. The van der Waals surface area contributed by atoms with Gasteiger partial charge in [0.25, 0.3) is 0 Å². The predicted octanol–water partition coefficient (Wildman–Crippen LogP) is 5.59. The van der Waals surface area contributed by atoms with E-state index in [1.54, 1.807) is 13.8 Å². The number of hydrazine groups is 1. The normalized spacial score (nSPS) is 11.9. The maximum atomic E-state index is 15.4. The van der Waals surface area contributed by atoms with Gasteiger partial charge in [-0.15, -0.1) is 0 Å². The molecule has 0 radical (unpaired) electrons. The molecule has 14 heteroatoms. The van der Waals surface area contributed by atoms with Gasteiger partial charge in [-0.3, -0.25) is 5.43 Å². The molecule has 0 amide bonds. The second kappa shape index (κ2) is 11.2. The lowest BCUT2D eigenvalue weighted by molar-refractivity contribution is 0.587. The lowest BCUT2D eigenvalue weighted by Crippen LogP contribution is -2.30. The molecule has 0 aliphatic rings. The Labute approximate surface area is 218 Å². The molecule has 0 saturated carbocycles. The second-order valence-electron chi connectivity index (χ2n) is 7.60. The van der Waals surface area contributed by atoms with Crippen molar-refractivity contribution >= 4 is 60.1 Å². The van der Waals surface area contributed by atoms with Crippen LogP contribution in [-0.2, 0) is 19.7 Å². The summed E-state index contributed by atoms with van der Waals surface area (Å²) in [6, 6.07) is 6.75. The number of halogens is 4. The number of rotatable bonds is 10. The summed E-state index contributed by atoms with van der Waals surface area (Å²) in [6.07, 6.45) is 1.57. The van der Waals surface area contributed by atoms with E-state index in [4.69, 9.17) is 23.2 Å². The highest BCUT2D eigenvalue weighted by Gasteiger charge is 2.30. The van der Waals surface area contributed by atoms with Crippen molar-refractivity contribution in [2.75, 3.05) is 21.9 Å². The van der Waals surface area contributed by atoms with E-state index in [1.165, 1.54) is 24.3 Å². The summed E-state index contributed by atoms with van der Waals surface area (Å²) in [6.45, 7) is 3.28. The molecule has 36 heavy (non-hydrogen) atoms. The first-order valence-corrected chi connectivity index (χ1v) is 14.8. The van der Waals surface area contributed by atoms with Gasteiger partial charge >= 0.3 is 0 Å². The molecule has 1 N–H and O–H groups in total. The number of anilines is 3. The lowest BCUT2D eigenvalue weighted by atomic mass is 10.2. The van der Waals surface area contributed by atoms with Crippen molar-refractivity contribution in [1.82, 2.24) is 9.97 Å². The van der Waals surface area contributed by atoms with Crippen LogP contribution in [0.3, 0.4) is 0 Å². The van der Waals surface area contributed by atoms with E-state index in [-0.39, 0.29) is 40.5 Å². The van der Waals surface area contributed by atoms with Crippen molar-refractivity contribution in [2.24, 2.45) is 0 Å². The zero-order chi connectivity index (χ0) is 26.7. The van der Waals surface area contributed by atoms with Crippen molar-refractivity contribution in [3.8, 4) is 0 Å². The molecule has 0 spiro atoms. The molecule has 0 fully saturated rings. The maximum Gasteiger partial charge on any atom is 0.224 e. The van der Waals surface area contributed by atoms with Crippen LogP contribution in [-0.4, -0.2) is 38.3 Å². The van der Waals surface area contributed by atoms with E-state index in [0.29, 0.717) is 0 Å². The van der Waals surface area contributed by atoms with Gasteiger partial charge in [0.15, 0.2) is 25.5 Å². The Hall–Kier alpha value is -2.54. The van der Waals surface area contributed by atoms with Crippen LogP contribution in [0.1, 0.15) is 26.7 Å². The Kier molecular flexibility index (Phi) is 8.75. The quantitative estimate of drug-likeness (QED) is 0.245. The molecule has 3 aromatic rings. The number of para-hydroxylation sites is 2. The number of benzene rings is 2. The first-order valence-electron chi connectivity index (χ1n) is 10.7. The van der Waals surface area contributed by atoms with Crippen molar-refractivity contribution in [1.29, 1.82) is 0 Å². The highest BCUT2D eigenvalue weighted by molar-refractivity contribution is 7.91. The maximum absolute atomic E-state index is 15.4. The van der Waals surface area contributed by atoms with E-state index in [0.717, 1.165) is 23.3 Å². The largest absolute Gasteiger partial charge is 0.288 e. The molecule has 1 aromatic heterocycles. The van der Waals surface area contributed by atoms with Crippen LogP contribution in [0.2, 0.25) is 10.3 Å². The van der Waals surface area contributed by atoms with Crippen molar-refractivity contribution < 1.29 is 25.6 Å². The molecule has 1 heterocycles. The average molecular weight is 579 g/mol. The minimum atomic E-state index is -4.04. The van der Waals surface area contributed by atoms with Crippen LogP contribution >= 0.6 is 23.2 Å². The number of hydrogen-bond acceptors (Lipinski definition) is 8. The van der Waals surface area contributed by atoms with Gasteiger partial charge in [-0.2, -0.15) is 4.98 Å². The van der Waals surface area contributed by atoms with E-state index in [1.807, 2.05) is 0 Å². The topological polar surface area (TPSA) is 109 Å². The highest BCUT2D eigenvalue weighted by Crippen LogP contribution is 2.39. The molecular weight excluding hydrogens is 557 g/mol. The second-order valence-corrected chi connectivity index (χ2v) is 12.5. The van der Waals surface area contributed by atoms with E-state index >= 15 is 8.78 Å². The molecule has 0 saturated heterocycles. The number of aromatic nitrogens is 2. The van der Waals surface area contributed by atoms with Gasteiger partial charge in [0, 0.05) is 0 Å². The minimum absolute atomic E-state index is 0.205. The third kappa shape index (κ3) is 5.88. The highest BCUT2D eigenvalue weighted by atomic mass is 35.5. The Morgan fingerprint density at radius 3 is 2.06 bits per heavy atom. The monoisotopic (exact) mass is 578 g/mol. The predicted molar refractivity (Wildman–Crippen MR) is 135 cm³/mol. The van der Waals surface area contributed by atoms with Crippen LogP contribution in [0.4, 0.5) is 26.0 Å². The summed E-state index contributed by atoms with van der Waals surface area (Å²) in [5.74, 6) is -2.97. The van der Waals surface area contributed by atoms with Crippen LogP contribution in [0.25, 0.3) is 0 Å². The van der Waals surface area contributed by atoms with Crippen molar-refractivity contribution in [3.05, 3.63) is 64.5 Å². The van der Waals surface area contributed by atoms with E-state index in [9.17, 15) is 16.8 Å². The van der Waals surface area contributed by atoms with Gasteiger partial charge in [-0.25, -0.2) is 35.6 Å². The van der Waals surface area contributed by atoms with Gasteiger partial charge in [-0.1, -0.05) is 37.6 Å². The molecule has 8 nitrogen and oxygen atoms in total. The summed E-state index contributed by atoms with van der Waals surface area (Å²) in [4.78, 5) is 6.83. The summed E-state index contributed by atoms with van der Waals surface area (Å²) in [5.41, 5.74) is 1.38. The van der Waals surface area contributed by atoms with Crippen LogP contribution < -0.4 is 10.4 Å². The fourth-order valence-electron chi connectivity index (χ4n) is 3.41. The van der Waals surface area contributed by atoms with Crippen LogP contribution in [0, 0.1) is 11.6 Å².